The first-order valence-electron chi connectivity index (χ1n) is 6.34. The molecule has 0 saturated carbocycles. The number of hydrogen-bond acceptors (Lipinski definition) is 6. The Morgan fingerprint density at radius 2 is 2.29 bits per heavy atom. The number of hydrogen-bond donors (Lipinski definition) is 2. The molecular weight excluding hydrogens is 280 g/mol. The van der Waals surface area contributed by atoms with Crippen LogP contribution in [0.5, 0.6) is 5.75 Å². The van der Waals surface area contributed by atoms with Crippen molar-refractivity contribution in [3.63, 3.8) is 0 Å². The third-order valence-electron chi connectivity index (χ3n) is 2.56. The van der Waals surface area contributed by atoms with Gasteiger partial charge in [-0.2, -0.15) is 0 Å². The van der Waals surface area contributed by atoms with E-state index in [0.29, 0.717) is 13.0 Å². The van der Waals surface area contributed by atoms with Crippen LogP contribution < -0.4 is 10.1 Å². The highest BCUT2D eigenvalue weighted by molar-refractivity contribution is 5.77. The second-order valence-corrected chi connectivity index (χ2v) is 4.29. The van der Waals surface area contributed by atoms with E-state index < -0.39 is 11.0 Å². The topological polar surface area (TPSA) is 111 Å². The fraction of sp³-hybridized carbons (Fsp3) is 0.462. The minimum Gasteiger partial charge on any atom is -0.484 e. The number of benzene rings is 1. The van der Waals surface area contributed by atoms with Gasteiger partial charge in [0.15, 0.2) is 6.61 Å². The van der Waals surface area contributed by atoms with E-state index in [-0.39, 0.29) is 30.6 Å². The van der Waals surface area contributed by atoms with Gasteiger partial charge in [-0.3, -0.25) is 14.9 Å². The van der Waals surface area contributed by atoms with Crippen LogP contribution in [0.2, 0.25) is 0 Å². The molecule has 0 aliphatic carbocycles. The van der Waals surface area contributed by atoms with Crippen molar-refractivity contribution < 1.29 is 24.3 Å². The van der Waals surface area contributed by atoms with Gasteiger partial charge in [0.25, 0.3) is 11.6 Å². The molecule has 1 atom stereocenters. The zero-order chi connectivity index (χ0) is 15.7. The van der Waals surface area contributed by atoms with Crippen molar-refractivity contribution >= 4 is 11.6 Å². The Bertz CT molecular complexity index is 479. The van der Waals surface area contributed by atoms with Crippen molar-refractivity contribution in [3.8, 4) is 5.75 Å². The number of nitro groups is 1. The van der Waals surface area contributed by atoms with Gasteiger partial charge in [-0.05, 0) is 12.5 Å². The summed E-state index contributed by atoms with van der Waals surface area (Å²) in [5, 5.41) is 22.5. The van der Waals surface area contributed by atoms with Crippen molar-refractivity contribution in [2.45, 2.75) is 12.5 Å². The van der Waals surface area contributed by atoms with E-state index in [2.05, 4.69) is 5.32 Å². The highest BCUT2D eigenvalue weighted by Gasteiger charge is 2.09. The van der Waals surface area contributed by atoms with Crippen LogP contribution in [0, 0.1) is 10.1 Å². The standard InChI is InChI=1S/C13H18N2O6/c1-20-8-11(16)5-6-14-13(17)9-21-12-4-2-3-10(7-12)15(18)19/h2-4,7,11,16H,5-6,8-9H2,1H3,(H,14,17). The molecule has 0 aliphatic heterocycles. The molecule has 1 rings (SSSR count). The van der Waals surface area contributed by atoms with Crippen LogP contribution >= 0.6 is 0 Å². The Morgan fingerprint density at radius 3 is 2.95 bits per heavy atom. The molecule has 8 heteroatoms. The molecule has 0 heterocycles. The Balaban J connectivity index is 2.30. The maximum atomic E-state index is 11.5. The number of aliphatic hydroxyl groups excluding tert-OH is 1. The molecule has 0 fully saturated rings. The van der Waals surface area contributed by atoms with Gasteiger partial charge in [0.2, 0.25) is 0 Å². The number of carbonyl (C=O) groups is 1. The van der Waals surface area contributed by atoms with Gasteiger partial charge in [-0.25, -0.2) is 0 Å². The molecule has 8 nitrogen and oxygen atoms in total. The van der Waals surface area contributed by atoms with E-state index >= 15 is 0 Å². The van der Waals surface area contributed by atoms with Gasteiger partial charge in [0.05, 0.1) is 23.7 Å². The highest BCUT2D eigenvalue weighted by Crippen LogP contribution is 2.18. The summed E-state index contributed by atoms with van der Waals surface area (Å²) in [4.78, 5) is 21.5. The summed E-state index contributed by atoms with van der Waals surface area (Å²) < 4.78 is 9.91. The smallest absolute Gasteiger partial charge is 0.273 e. The SMILES string of the molecule is COCC(O)CCNC(=O)COc1cccc([N+](=O)[O-])c1. The quantitative estimate of drug-likeness (QED) is 0.507. The predicted molar refractivity (Wildman–Crippen MR) is 74.1 cm³/mol. The van der Waals surface area contributed by atoms with Gasteiger partial charge < -0.3 is 19.9 Å². The monoisotopic (exact) mass is 298 g/mol. The number of nitrogens with one attached hydrogen (secondary N) is 1. The Morgan fingerprint density at radius 1 is 1.52 bits per heavy atom. The van der Waals surface area contributed by atoms with E-state index in [0.717, 1.165) is 0 Å². The number of methoxy groups -OCH3 is 1. The van der Waals surface area contributed by atoms with Crippen LogP contribution in [-0.2, 0) is 9.53 Å². The van der Waals surface area contributed by atoms with Gasteiger partial charge >= 0.3 is 0 Å². The molecule has 0 saturated heterocycles. The van der Waals surface area contributed by atoms with Crippen molar-refractivity contribution in [3.05, 3.63) is 34.4 Å². The van der Waals surface area contributed by atoms with Crippen LogP contribution in [0.15, 0.2) is 24.3 Å². The Hall–Kier alpha value is -2.19. The average molecular weight is 298 g/mol. The number of aliphatic hydroxyl groups is 1. The lowest BCUT2D eigenvalue weighted by Crippen LogP contribution is -2.32. The highest BCUT2D eigenvalue weighted by atomic mass is 16.6. The van der Waals surface area contributed by atoms with E-state index in [1.807, 2.05) is 0 Å². The fourth-order valence-corrected chi connectivity index (χ4v) is 1.54. The molecule has 1 unspecified atom stereocenters. The van der Waals surface area contributed by atoms with E-state index in [9.17, 15) is 20.0 Å². The van der Waals surface area contributed by atoms with Gasteiger partial charge in [0, 0.05) is 19.7 Å². The van der Waals surface area contributed by atoms with Crippen molar-refractivity contribution in [2.75, 3.05) is 26.9 Å². The lowest BCUT2D eigenvalue weighted by Gasteiger charge is -2.10. The molecule has 116 valence electrons. The van der Waals surface area contributed by atoms with Crippen LogP contribution in [0.25, 0.3) is 0 Å². The molecule has 1 aromatic carbocycles. The maximum Gasteiger partial charge on any atom is 0.273 e. The minimum absolute atomic E-state index is 0.101. The molecule has 1 amide bonds. The number of carbonyl (C=O) groups excluding carboxylic acids is 1. The Labute approximate surface area is 121 Å². The molecular formula is C13H18N2O6. The molecule has 21 heavy (non-hydrogen) atoms. The zero-order valence-corrected chi connectivity index (χ0v) is 11.7. The predicted octanol–water partition coefficient (Wildman–Crippen LogP) is 0.487. The molecule has 0 bridgehead atoms. The van der Waals surface area contributed by atoms with E-state index in [1.54, 1.807) is 0 Å². The summed E-state index contributed by atoms with van der Waals surface area (Å²) in [5.74, 6) is -0.120. The number of nitrogens with zero attached hydrogens (tertiary/aromatic N) is 1. The third-order valence-corrected chi connectivity index (χ3v) is 2.56. The second kappa shape index (κ2) is 8.88. The first-order valence-corrected chi connectivity index (χ1v) is 6.34. The van der Waals surface area contributed by atoms with Gasteiger partial charge in [0.1, 0.15) is 5.75 Å². The van der Waals surface area contributed by atoms with Crippen molar-refractivity contribution in [1.29, 1.82) is 0 Å². The number of non-ortho nitro benzene ring substituents is 1. The molecule has 0 aromatic heterocycles. The minimum atomic E-state index is -0.631. The first kappa shape index (κ1) is 16.9. The summed E-state index contributed by atoms with van der Waals surface area (Å²) in [6, 6.07) is 5.59. The van der Waals surface area contributed by atoms with E-state index in [1.165, 1.54) is 31.4 Å². The van der Waals surface area contributed by atoms with Crippen LogP contribution in [0.3, 0.4) is 0 Å². The molecule has 0 spiro atoms. The second-order valence-electron chi connectivity index (χ2n) is 4.29. The number of rotatable bonds is 9. The fourth-order valence-electron chi connectivity index (χ4n) is 1.54. The Kier molecular flexibility index (Phi) is 7.13. The molecule has 0 radical (unpaired) electrons. The van der Waals surface area contributed by atoms with Crippen molar-refractivity contribution in [2.24, 2.45) is 0 Å². The van der Waals surface area contributed by atoms with E-state index in [4.69, 9.17) is 9.47 Å². The summed E-state index contributed by atoms with van der Waals surface area (Å²) in [7, 11) is 1.48. The first-order chi connectivity index (χ1) is 10.0. The largest absolute Gasteiger partial charge is 0.484 e. The maximum absolute atomic E-state index is 11.5. The normalized spacial score (nSPS) is 11.7. The zero-order valence-electron chi connectivity index (χ0n) is 11.7. The third kappa shape index (κ3) is 6.68. The lowest BCUT2D eigenvalue weighted by molar-refractivity contribution is -0.384. The van der Waals surface area contributed by atoms with Gasteiger partial charge in [-0.15, -0.1) is 0 Å². The van der Waals surface area contributed by atoms with Crippen LogP contribution in [0.4, 0.5) is 5.69 Å². The molecule has 2 N–H and O–H groups in total. The molecule has 1 aromatic rings. The number of amides is 1. The van der Waals surface area contributed by atoms with Crippen LogP contribution in [0.1, 0.15) is 6.42 Å². The summed E-state index contributed by atoms with van der Waals surface area (Å²) >= 11 is 0. The summed E-state index contributed by atoms with van der Waals surface area (Å²) in [6.07, 6.45) is -0.260. The van der Waals surface area contributed by atoms with Crippen molar-refractivity contribution in [1.82, 2.24) is 5.32 Å². The summed E-state index contributed by atoms with van der Waals surface area (Å²) in [6.45, 7) is 0.253. The van der Waals surface area contributed by atoms with Crippen LogP contribution in [-0.4, -0.2) is 48.9 Å². The number of nitro benzene ring substituents is 1. The molecule has 0 aliphatic rings. The lowest BCUT2D eigenvalue weighted by atomic mass is 10.2. The average Bonchev–Trinajstić information content (AvgIpc) is 2.45. The summed E-state index contributed by atoms with van der Waals surface area (Å²) in [5.41, 5.74) is -0.101. The van der Waals surface area contributed by atoms with Gasteiger partial charge in [-0.1, -0.05) is 6.07 Å². The number of ether oxygens (including phenoxy) is 2.